The van der Waals surface area contributed by atoms with Crippen LogP contribution in [0, 0.1) is 17.8 Å². The van der Waals surface area contributed by atoms with Gasteiger partial charge in [-0.05, 0) is 24.8 Å². The molecule has 4 nitrogen and oxygen atoms in total. The minimum Gasteiger partial charge on any atom is -0.396 e. The van der Waals surface area contributed by atoms with Crippen molar-refractivity contribution in [3.8, 4) is 0 Å². The lowest BCUT2D eigenvalue weighted by molar-refractivity contribution is -0.125. The molecule has 0 bridgehead atoms. The fraction of sp³-hybridized carbons (Fsp3) is 0.909. The van der Waals surface area contributed by atoms with Crippen molar-refractivity contribution in [2.45, 2.75) is 20.3 Å². The molecule has 0 saturated carbocycles. The van der Waals surface area contributed by atoms with Crippen LogP contribution in [0.1, 0.15) is 20.3 Å². The van der Waals surface area contributed by atoms with E-state index in [1.807, 2.05) is 6.92 Å². The predicted molar refractivity (Wildman–Crippen MR) is 59.4 cm³/mol. The van der Waals surface area contributed by atoms with Crippen molar-refractivity contribution in [1.82, 2.24) is 10.6 Å². The third-order valence-electron chi connectivity index (χ3n) is 3.10. The maximum Gasteiger partial charge on any atom is 0.224 e. The monoisotopic (exact) mass is 214 g/mol. The van der Waals surface area contributed by atoms with Crippen LogP contribution < -0.4 is 10.6 Å². The van der Waals surface area contributed by atoms with E-state index in [1.165, 1.54) is 0 Å². The summed E-state index contributed by atoms with van der Waals surface area (Å²) >= 11 is 0. The summed E-state index contributed by atoms with van der Waals surface area (Å²) in [5, 5.41) is 14.9. The summed E-state index contributed by atoms with van der Waals surface area (Å²) in [4.78, 5) is 11.8. The number of carbonyl (C=O) groups is 1. The molecule has 1 saturated heterocycles. The molecule has 0 aliphatic carbocycles. The van der Waals surface area contributed by atoms with Crippen molar-refractivity contribution < 1.29 is 9.90 Å². The quantitative estimate of drug-likeness (QED) is 0.602. The summed E-state index contributed by atoms with van der Waals surface area (Å²) in [6, 6.07) is 0. The lowest BCUT2D eigenvalue weighted by Gasteiger charge is -2.16. The maximum absolute atomic E-state index is 11.8. The van der Waals surface area contributed by atoms with Crippen molar-refractivity contribution in [1.29, 1.82) is 0 Å². The number of aliphatic hydroxyl groups is 1. The molecular weight excluding hydrogens is 192 g/mol. The second-order valence-electron chi connectivity index (χ2n) is 4.60. The number of hydrogen-bond donors (Lipinski definition) is 3. The second-order valence-corrected chi connectivity index (χ2v) is 4.60. The summed E-state index contributed by atoms with van der Waals surface area (Å²) in [7, 11) is 0. The zero-order valence-corrected chi connectivity index (χ0v) is 9.62. The zero-order chi connectivity index (χ0) is 11.3. The first kappa shape index (κ1) is 12.5. The third kappa shape index (κ3) is 3.80. The average molecular weight is 214 g/mol. The van der Waals surface area contributed by atoms with Gasteiger partial charge in [0.15, 0.2) is 0 Å². The Balaban J connectivity index is 2.23. The minimum atomic E-state index is 0.117. The van der Waals surface area contributed by atoms with Crippen LogP contribution in [0.5, 0.6) is 0 Å². The molecule has 1 heterocycles. The molecule has 88 valence electrons. The molecule has 3 atom stereocenters. The van der Waals surface area contributed by atoms with Crippen LogP contribution in [0.3, 0.4) is 0 Å². The maximum atomic E-state index is 11.8. The van der Waals surface area contributed by atoms with Crippen LogP contribution in [0.2, 0.25) is 0 Å². The van der Waals surface area contributed by atoms with Gasteiger partial charge in [-0.25, -0.2) is 0 Å². The molecule has 1 aliphatic heterocycles. The molecule has 1 amide bonds. The van der Waals surface area contributed by atoms with Crippen LogP contribution in [0.15, 0.2) is 0 Å². The molecule has 1 aliphatic rings. The molecule has 0 aromatic carbocycles. The van der Waals surface area contributed by atoms with E-state index in [2.05, 4.69) is 17.6 Å². The normalized spacial score (nSPS) is 27.7. The van der Waals surface area contributed by atoms with E-state index >= 15 is 0 Å². The van der Waals surface area contributed by atoms with Crippen LogP contribution in [-0.2, 0) is 4.79 Å². The number of aliphatic hydroxyl groups excluding tert-OH is 1. The third-order valence-corrected chi connectivity index (χ3v) is 3.10. The van der Waals surface area contributed by atoms with E-state index in [1.54, 1.807) is 0 Å². The number of carbonyl (C=O) groups excluding carboxylic acids is 1. The zero-order valence-electron chi connectivity index (χ0n) is 9.62. The molecule has 3 unspecified atom stereocenters. The molecular formula is C11H22N2O2. The van der Waals surface area contributed by atoms with Crippen LogP contribution in [-0.4, -0.2) is 37.3 Å². The van der Waals surface area contributed by atoms with E-state index in [0.717, 1.165) is 19.5 Å². The highest BCUT2D eigenvalue weighted by atomic mass is 16.3. The fourth-order valence-electron chi connectivity index (χ4n) is 1.89. The second kappa shape index (κ2) is 6.08. The van der Waals surface area contributed by atoms with Gasteiger partial charge in [-0.3, -0.25) is 4.79 Å². The van der Waals surface area contributed by atoms with Gasteiger partial charge in [0.2, 0.25) is 5.91 Å². The van der Waals surface area contributed by atoms with Crippen molar-refractivity contribution in [3.05, 3.63) is 0 Å². The summed E-state index contributed by atoms with van der Waals surface area (Å²) < 4.78 is 0. The van der Waals surface area contributed by atoms with Gasteiger partial charge in [-0.15, -0.1) is 0 Å². The van der Waals surface area contributed by atoms with E-state index in [0.29, 0.717) is 18.4 Å². The van der Waals surface area contributed by atoms with Crippen molar-refractivity contribution in [2.24, 2.45) is 17.8 Å². The highest BCUT2D eigenvalue weighted by Gasteiger charge is 2.29. The average Bonchev–Trinajstić information content (AvgIpc) is 2.61. The standard InChI is InChI=1S/C11H22N2O2/c1-8(3-4-14)5-13-11(15)10-7-12-6-9(10)2/h8-10,12,14H,3-7H2,1-2H3,(H,13,15). The van der Waals surface area contributed by atoms with Crippen molar-refractivity contribution in [3.63, 3.8) is 0 Å². The molecule has 3 N–H and O–H groups in total. The topological polar surface area (TPSA) is 61.4 Å². The molecule has 4 heteroatoms. The number of hydrogen-bond acceptors (Lipinski definition) is 3. The Morgan fingerprint density at radius 3 is 2.87 bits per heavy atom. The Morgan fingerprint density at radius 1 is 1.60 bits per heavy atom. The van der Waals surface area contributed by atoms with Gasteiger partial charge in [0.25, 0.3) is 0 Å². The first-order valence-electron chi connectivity index (χ1n) is 5.74. The van der Waals surface area contributed by atoms with E-state index < -0.39 is 0 Å². The number of rotatable bonds is 5. The van der Waals surface area contributed by atoms with Gasteiger partial charge in [-0.1, -0.05) is 13.8 Å². The molecule has 0 aromatic rings. The van der Waals surface area contributed by atoms with E-state index in [9.17, 15) is 4.79 Å². The molecule has 0 aromatic heterocycles. The lowest BCUT2D eigenvalue weighted by Crippen LogP contribution is -2.36. The lowest BCUT2D eigenvalue weighted by atomic mass is 9.97. The van der Waals surface area contributed by atoms with Gasteiger partial charge in [0.05, 0.1) is 5.92 Å². The SMILES string of the molecule is CC(CCO)CNC(=O)C1CNCC1C. The van der Waals surface area contributed by atoms with E-state index in [4.69, 9.17) is 5.11 Å². The van der Waals surface area contributed by atoms with Crippen LogP contribution in [0.25, 0.3) is 0 Å². The fourth-order valence-corrected chi connectivity index (χ4v) is 1.89. The highest BCUT2D eigenvalue weighted by Crippen LogP contribution is 2.15. The predicted octanol–water partition coefficient (Wildman–Crippen LogP) is -0.0234. The first-order valence-corrected chi connectivity index (χ1v) is 5.74. The first-order chi connectivity index (χ1) is 7.15. The molecule has 0 radical (unpaired) electrons. The Bertz CT molecular complexity index is 209. The Hall–Kier alpha value is -0.610. The number of nitrogens with one attached hydrogen (secondary N) is 2. The van der Waals surface area contributed by atoms with Crippen molar-refractivity contribution in [2.75, 3.05) is 26.2 Å². The summed E-state index contributed by atoms with van der Waals surface area (Å²) in [6.45, 7) is 6.72. The van der Waals surface area contributed by atoms with Crippen molar-refractivity contribution >= 4 is 5.91 Å². The Morgan fingerprint density at radius 2 is 2.33 bits per heavy atom. The van der Waals surface area contributed by atoms with Gasteiger partial charge in [-0.2, -0.15) is 0 Å². The van der Waals surface area contributed by atoms with Crippen LogP contribution >= 0.6 is 0 Å². The highest BCUT2D eigenvalue weighted by molar-refractivity contribution is 5.79. The summed E-state index contributed by atoms with van der Waals surface area (Å²) in [5.74, 6) is 1.05. The smallest absolute Gasteiger partial charge is 0.224 e. The molecule has 0 spiro atoms. The molecule has 1 rings (SSSR count). The summed E-state index contributed by atoms with van der Waals surface area (Å²) in [5.41, 5.74) is 0. The Kier molecular flexibility index (Phi) is 5.05. The van der Waals surface area contributed by atoms with Crippen LogP contribution in [0.4, 0.5) is 0 Å². The molecule has 1 fully saturated rings. The summed E-state index contributed by atoms with van der Waals surface area (Å²) in [6.07, 6.45) is 0.749. The molecule has 15 heavy (non-hydrogen) atoms. The minimum absolute atomic E-state index is 0.117. The van der Waals surface area contributed by atoms with Gasteiger partial charge in [0, 0.05) is 19.7 Å². The van der Waals surface area contributed by atoms with Gasteiger partial charge in [0.1, 0.15) is 0 Å². The number of amides is 1. The van der Waals surface area contributed by atoms with Gasteiger partial charge >= 0.3 is 0 Å². The Labute approximate surface area is 91.4 Å². The largest absolute Gasteiger partial charge is 0.396 e. The van der Waals surface area contributed by atoms with Gasteiger partial charge < -0.3 is 15.7 Å². The van der Waals surface area contributed by atoms with E-state index in [-0.39, 0.29) is 18.4 Å².